The Hall–Kier alpha value is -3.30. The van der Waals surface area contributed by atoms with Gasteiger partial charge in [0.25, 0.3) is 5.91 Å². The Labute approximate surface area is 179 Å². The zero-order valence-electron chi connectivity index (χ0n) is 17.2. The molecule has 0 atom stereocenters. The fraction of sp³-hybridized carbons (Fsp3) is 0.318. The number of anilines is 1. The van der Waals surface area contributed by atoms with E-state index < -0.39 is 0 Å². The lowest BCUT2D eigenvalue weighted by Gasteiger charge is -2.20. The summed E-state index contributed by atoms with van der Waals surface area (Å²) in [7, 11) is 0. The SMILES string of the molecule is Cc1ccc(-n2nc(C3CCNCC3)cc2NC(=O)C2=C3N=CC=CN3NC2)c(F)c1. The van der Waals surface area contributed by atoms with Crippen molar-refractivity contribution in [3.05, 3.63) is 65.0 Å². The molecule has 160 valence electrons. The maximum Gasteiger partial charge on any atom is 0.257 e. The second-order valence-corrected chi connectivity index (χ2v) is 7.93. The van der Waals surface area contributed by atoms with Gasteiger partial charge >= 0.3 is 0 Å². The number of carbonyl (C=O) groups excluding carboxylic acids is 1. The summed E-state index contributed by atoms with van der Waals surface area (Å²) in [4.78, 5) is 17.4. The minimum absolute atomic E-state index is 0.269. The molecule has 1 amide bonds. The van der Waals surface area contributed by atoms with Crippen LogP contribution in [0, 0.1) is 12.7 Å². The van der Waals surface area contributed by atoms with Gasteiger partial charge in [-0.15, -0.1) is 0 Å². The van der Waals surface area contributed by atoms with Crippen molar-refractivity contribution in [1.82, 2.24) is 25.5 Å². The Kier molecular flexibility index (Phi) is 5.13. The van der Waals surface area contributed by atoms with Crippen LogP contribution in [0.4, 0.5) is 10.2 Å². The number of carbonyl (C=O) groups is 1. The monoisotopic (exact) mass is 421 g/mol. The number of aromatic nitrogens is 2. The lowest BCUT2D eigenvalue weighted by atomic mass is 9.95. The fourth-order valence-electron chi connectivity index (χ4n) is 4.11. The number of fused-ring (bicyclic) bond motifs is 1. The van der Waals surface area contributed by atoms with Gasteiger partial charge in [0, 0.05) is 30.9 Å². The molecule has 0 spiro atoms. The standard InChI is InChI=1S/C22H24FN7O/c1-14-3-4-19(17(23)11-14)30-20(12-18(28-30)15-5-8-24-9-6-15)27-22(31)16-13-26-29-10-2-7-25-21(16)29/h2-4,7,10-12,15,24,26H,5-6,8-9,13H2,1H3,(H,27,31). The topological polar surface area (TPSA) is 86.6 Å². The van der Waals surface area contributed by atoms with Crippen LogP contribution in [0.25, 0.3) is 5.69 Å². The summed E-state index contributed by atoms with van der Waals surface area (Å²) in [5.41, 5.74) is 5.61. The third-order valence-corrected chi connectivity index (χ3v) is 5.78. The van der Waals surface area contributed by atoms with E-state index in [9.17, 15) is 9.18 Å². The maximum absolute atomic E-state index is 14.8. The Balaban J connectivity index is 1.50. The molecular weight excluding hydrogens is 397 g/mol. The number of hydrogen-bond acceptors (Lipinski definition) is 6. The second kappa shape index (κ2) is 8.09. The van der Waals surface area contributed by atoms with Gasteiger partial charge in [-0.05, 0) is 56.6 Å². The number of rotatable bonds is 4. The summed E-state index contributed by atoms with van der Waals surface area (Å²) >= 11 is 0. The first-order valence-corrected chi connectivity index (χ1v) is 10.5. The fourth-order valence-corrected chi connectivity index (χ4v) is 4.11. The molecule has 2 aromatic rings. The van der Waals surface area contributed by atoms with E-state index in [-0.39, 0.29) is 17.6 Å². The predicted octanol–water partition coefficient (Wildman–Crippen LogP) is 2.36. The number of hydrazine groups is 1. The Morgan fingerprint density at radius 3 is 2.90 bits per heavy atom. The minimum atomic E-state index is -0.381. The first-order chi connectivity index (χ1) is 15.1. The molecule has 0 bridgehead atoms. The summed E-state index contributed by atoms with van der Waals surface area (Å²) in [6.07, 6.45) is 7.15. The molecule has 0 aliphatic carbocycles. The van der Waals surface area contributed by atoms with Crippen LogP contribution < -0.4 is 16.1 Å². The highest BCUT2D eigenvalue weighted by molar-refractivity contribution is 6.05. The van der Waals surface area contributed by atoms with Gasteiger partial charge in [0.1, 0.15) is 17.3 Å². The number of piperidine rings is 1. The number of aliphatic imine (C=N–C) groups is 1. The van der Waals surface area contributed by atoms with Gasteiger partial charge in [0.05, 0.1) is 11.3 Å². The van der Waals surface area contributed by atoms with Crippen molar-refractivity contribution in [2.45, 2.75) is 25.7 Å². The van der Waals surface area contributed by atoms with Crippen molar-refractivity contribution in [2.75, 3.05) is 25.0 Å². The number of benzene rings is 1. The Bertz CT molecular complexity index is 1110. The van der Waals surface area contributed by atoms with Crippen LogP contribution in [0.2, 0.25) is 0 Å². The average molecular weight is 421 g/mol. The van der Waals surface area contributed by atoms with Gasteiger partial charge in [-0.25, -0.2) is 19.5 Å². The summed E-state index contributed by atoms with van der Waals surface area (Å²) < 4.78 is 16.3. The first kappa shape index (κ1) is 19.7. The molecule has 8 nitrogen and oxygen atoms in total. The van der Waals surface area contributed by atoms with Crippen LogP contribution in [0.1, 0.15) is 30.0 Å². The van der Waals surface area contributed by atoms with Gasteiger partial charge in [0.2, 0.25) is 0 Å². The van der Waals surface area contributed by atoms with Crippen molar-refractivity contribution >= 4 is 17.9 Å². The highest BCUT2D eigenvalue weighted by Crippen LogP contribution is 2.30. The molecule has 0 radical (unpaired) electrons. The van der Waals surface area contributed by atoms with Crippen LogP contribution in [-0.2, 0) is 4.79 Å². The van der Waals surface area contributed by atoms with E-state index in [1.54, 1.807) is 23.4 Å². The highest BCUT2D eigenvalue weighted by atomic mass is 19.1. The number of nitrogens with zero attached hydrogens (tertiary/aromatic N) is 4. The van der Waals surface area contributed by atoms with Gasteiger partial charge in [-0.3, -0.25) is 9.80 Å². The molecule has 1 saturated heterocycles. The van der Waals surface area contributed by atoms with Gasteiger partial charge < -0.3 is 10.6 Å². The zero-order valence-corrected chi connectivity index (χ0v) is 17.2. The number of allylic oxidation sites excluding steroid dienone is 1. The molecule has 1 aromatic carbocycles. The lowest BCUT2D eigenvalue weighted by molar-refractivity contribution is -0.112. The molecule has 9 heteroatoms. The summed E-state index contributed by atoms with van der Waals surface area (Å²) in [6.45, 7) is 4.03. The van der Waals surface area contributed by atoms with Crippen molar-refractivity contribution in [1.29, 1.82) is 0 Å². The third-order valence-electron chi connectivity index (χ3n) is 5.78. The van der Waals surface area contributed by atoms with Crippen LogP contribution in [0.3, 0.4) is 0 Å². The molecule has 1 fully saturated rings. The summed E-state index contributed by atoms with van der Waals surface area (Å²) in [5.74, 6) is 0.607. The zero-order chi connectivity index (χ0) is 21.4. The number of halogens is 1. The smallest absolute Gasteiger partial charge is 0.257 e. The second-order valence-electron chi connectivity index (χ2n) is 7.93. The van der Waals surface area contributed by atoms with E-state index in [0.717, 1.165) is 37.2 Å². The largest absolute Gasteiger partial charge is 0.317 e. The maximum atomic E-state index is 14.8. The minimum Gasteiger partial charge on any atom is -0.317 e. The van der Waals surface area contributed by atoms with Crippen molar-refractivity contribution in [3.63, 3.8) is 0 Å². The van der Waals surface area contributed by atoms with Gasteiger partial charge in [-0.2, -0.15) is 5.10 Å². The molecule has 1 aromatic heterocycles. The summed E-state index contributed by atoms with van der Waals surface area (Å²) in [5, 5.41) is 12.7. The molecule has 3 aliphatic heterocycles. The molecule has 31 heavy (non-hydrogen) atoms. The quantitative estimate of drug-likeness (QED) is 0.706. The van der Waals surface area contributed by atoms with E-state index in [4.69, 9.17) is 5.10 Å². The highest BCUT2D eigenvalue weighted by Gasteiger charge is 2.28. The normalized spacial score (nSPS) is 18.6. The van der Waals surface area contributed by atoms with E-state index in [1.165, 1.54) is 10.7 Å². The van der Waals surface area contributed by atoms with Crippen LogP contribution in [0.15, 0.2) is 52.9 Å². The van der Waals surface area contributed by atoms with Gasteiger partial charge in [-0.1, -0.05) is 6.07 Å². The number of hydrogen-bond donors (Lipinski definition) is 3. The Morgan fingerprint density at radius 1 is 1.26 bits per heavy atom. The molecule has 3 N–H and O–H groups in total. The molecule has 4 heterocycles. The predicted molar refractivity (Wildman–Crippen MR) is 116 cm³/mol. The van der Waals surface area contributed by atoms with Crippen molar-refractivity contribution < 1.29 is 9.18 Å². The van der Waals surface area contributed by atoms with E-state index in [1.807, 2.05) is 25.3 Å². The Morgan fingerprint density at radius 2 is 2.10 bits per heavy atom. The van der Waals surface area contributed by atoms with Crippen molar-refractivity contribution in [2.24, 2.45) is 4.99 Å². The van der Waals surface area contributed by atoms with Crippen LogP contribution >= 0.6 is 0 Å². The van der Waals surface area contributed by atoms with Crippen LogP contribution in [0.5, 0.6) is 0 Å². The average Bonchev–Trinajstić information content (AvgIpc) is 3.39. The van der Waals surface area contributed by atoms with Crippen LogP contribution in [-0.4, -0.2) is 46.5 Å². The van der Waals surface area contributed by atoms with E-state index >= 15 is 0 Å². The number of nitrogens with one attached hydrogen (secondary N) is 3. The summed E-state index contributed by atoms with van der Waals surface area (Å²) in [6, 6.07) is 6.86. The molecule has 0 saturated carbocycles. The van der Waals surface area contributed by atoms with Crippen molar-refractivity contribution in [3.8, 4) is 5.69 Å². The van der Waals surface area contributed by atoms with Gasteiger partial charge in [0.15, 0.2) is 5.82 Å². The molecule has 5 rings (SSSR count). The number of aryl methyl sites for hydroxylation is 1. The van der Waals surface area contributed by atoms with E-state index in [2.05, 4.69) is 21.1 Å². The number of amides is 1. The molecular formula is C22H24FN7O. The lowest BCUT2D eigenvalue weighted by Crippen LogP contribution is -2.27. The first-order valence-electron chi connectivity index (χ1n) is 10.5. The van der Waals surface area contributed by atoms with E-state index in [0.29, 0.717) is 29.4 Å². The molecule has 0 unspecified atom stereocenters. The third kappa shape index (κ3) is 3.77. The molecule has 3 aliphatic rings.